The van der Waals surface area contributed by atoms with Crippen molar-refractivity contribution in [2.24, 2.45) is 0 Å². The zero-order valence-corrected chi connectivity index (χ0v) is 14.9. The van der Waals surface area contributed by atoms with Crippen LogP contribution in [0.5, 0.6) is 0 Å². The maximum absolute atomic E-state index is 10.5. The number of hydrogen-bond donors (Lipinski definition) is 3. The summed E-state index contributed by atoms with van der Waals surface area (Å²) >= 11 is 0. The van der Waals surface area contributed by atoms with Crippen molar-refractivity contribution < 1.29 is 32.2 Å². The highest BCUT2D eigenvalue weighted by Gasteiger charge is 2.39. The number of hydrogen-bond acceptors (Lipinski definition) is 6. The predicted octanol–water partition coefficient (Wildman–Crippen LogP) is 1.12. The topological polar surface area (TPSA) is 106 Å². The van der Waals surface area contributed by atoms with Crippen LogP contribution in [-0.2, 0) is 22.4 Å². The summed E-state index contributed by atoms with van der Waals surface area (Å²) in [6, 6.07) is 0.703. The minimum atomic E-state index is -4.37. The highest BCUT2D eigenvalue weighted by Crippen LogP contribution is 2.35. The maximum Gasteiger partial charge on any atom is 0.500 e. The van der Waals surface area contributed by atoms with E-state index in [0.29, 0.717) is 39.0 Å². The lowest BCUT2D eigenvalue weighted by atomic mass is 10.5. The van der Waals surface area contributed by atoms with Crippen LogP contribution >= 0.6 is 7.82 Å². The molecular weight excluding hydrogens is 317 g/mol. The molecule has 0 rings (SSSR count). The van der Waals surface area contributed by atoms with Crippen molar-refractivity contribution >= 4 is 16.6 Å². The van der Waals surface area contributed by atoms with Crippen molar-refractivity contribution in [2.45, 2.75) is 33.2 Å². The first-order valence-corrected chi connectivity index (χ1v) is 10.7. The molecule has 0 atom stereocenters. The van der Waals surface area contributed by atoms with Crippen LogP contribution in [0.4, 0.5) is 0 Å². The third kappa shape index (κ3) is 11.4. The van der Waals surface area contributed by atoms with Gasteiger partial charge < -0.3 is 28.4 Å². The Morgan fingerprint density at radius 2 is 1.52 bits per heavy atom. The van der Waals surface area contributed by atoms with Gasteiger partial charge in [0.15, 0.2) is 0 Å². The van der Waals surface area contributed by atoms with E-state index in [9.17, 15) is 4.57 Å². The SMILES string of the molecule is CCO[Si](CCCNCCOP(=O)(O)O)(OCC)OCC. The van der Waals surface area contributed by atoms with Gasteiger partial charge >= 0.3 is 16.6 Å². The van der Waals surface area contributed by atoms with Gasteiger partial charge in [0.05, 0.1) is 6.61 Å². The smallest absolute Gasteiger partial charge is 0.374 e. The average Bonchev–Trinajstić information content (AvgIpc) is 2.37. The molecule has 21 heavy (non-hydrogen) atoms. The van der Waals surface area contributed by atoms with E-state index in [0.717, 1.165) is 6.42 Å². The number of phosphoric acid groups is 1. The molecule has 0 saturated heterocycles. The first-order valence-electron chi connectivity index (χ1n) is 7.21. The molecule has 0 aliphatic heterocycles. The molecule has 0 unspecified atom stereocenters. The van der Waals surface area contributed by atoms with Crippen LogP contribution in [0.25, 0.3) is 0 Å². The first-order chi connectivity index (χ1) is 9.89. The molecule has 8 nitrogen and oxygen atoms in total. The fraction of sp³-hybridized carbons (Fsp3) is 1.00. The summed E-state index contributed by atoms with van der Waals surface area (Å²) in [4.78, 5) is 17.0. The molecule has 0 radical (unpaired) electrons. The standard InChI is InChI=1S/C11H28NO7PSi/c1-4-17-21(18-5-2,19-6-3)11-7-8-12-9-10-16-20(13,14)15/h12H,4-11H2,1-3H3,(H2,13,14,15). The highest BCUT2D eigenvalue weighted by atomic mass is 31.2. The monoisotopic (exact) mass is 345 g/mol. The van der Waals surface area contributed by atoms with E-state index in [-0.39, 0.29) is 6.61 Å². The van der Waals surface area contributed by atoms with E-state index in [1.807, 2.05) is 20.8 Å². The van der Waals surface area contributed by atoms with Crippen molar-refractivity contribution in [3.05, 3.63) is 0 Å². The molecule has 0 heterocycles. The Hall–Kier alpha value is 0.167. The summed E-state index contributed by atoms with van der Waals surface area (Å²) in [5.41, 5.74) is 0. The fourth-order valence-electron chi connectivity index (χ4n) is 1.79. The normalized spacial score (nSPS) is 12.8. The first kappa shape index (κ1) is 21.2. The molecule has 0 spiro atoms. The van der Waals surface area contributed by atoms with Gasteiger partial charge in [0, 0.05) is 32.4 Å². The Kier molecular flexibility index (Phi) is 11.8. The second-order valence-electron chi connectivity index (χ2n) is 4.16. The van der Waals surface area contributed by atoms with Crippen LogP contribution in [0, 0.1) is 0 Å². The summed E-state index contributed by atoms with van der Waals surface area (Å²) in [5.74, 6) is 0. The molecule has 0 fully saturated rings. The minimum absolute atomic E-state index is 0.0325. The minimum Gasteiger partial charge on any atom is -0.374 e. The Bertz CT molecular complexity index is 285. The lowest BCUT2D eigenvalue weighted by Crippen LogP contribution is -2.46. The average molecular weight is 345 g/mol. The van der Waals surface area contributed by atoms with Crippen LogP contribution < -0.4 is 5.32 Å². The van der Waals surface area contributed by atoms with E-state index < -0.39 is 16.6 Å². The predicted molar refractivity (Wildman–Crippen MR) is 80.9 cm³/mol. The van der Waals surface area contributed by atoms with Gasteiger partial charge in [-0.1, -0.05) is 0 Å². The van der Waals surface area contributed by atoms with Crippen LogP contribution in [0.2, 0.25) is 6.04 Å². The summed E-state index contributed by atoms with van der Waals surface area (Å²) in [5, 5.41) is 3.04. The summed E-state index contributed by atoms with van der Waals surface area (Å²) < 4.78 is 32.0. The molecule has 0 aliphatic rings. The Morgan fingerprint density at radius 1 is 1.00 bits per heavy atom. The number of phosphoric ester groups is 1. The Morgan fingerprint density at radius 3 is 1.95 bits per heavy atom. The van der Waals surface area contributed by atoms with E-state index in [1.165, 1.54) is 0 Å². The van der Waals surface area contributed by atoms with Crippen molar-refractivity contribution in [2.75, 3.05) is 39.5 Å². The molecule has 0 aromatic rings. The second kappa shape index (κ2) is 11.7. The molecule has 0 bridgehead atoms. The zero-order valence-electron chi connectivity index (χ0n) is 13.0. The van der Waals surface area contributed by atoms with E-state index in [4.69, 9.17) is 23.1 Å². The van der Waals surface area contributed by atoms with Gasteiger partial charge in [0.25, 0.3) is 0 Å². The third-order valence-corrected chi connectivity index (χ3v) is 6.14. The molecule has 128 valence electrons. The van der Waals surface area contributed by atoms with Gasteiger partial charge in [-0.25, -0.2) is 4.57 Å². The molecule has 0 aromatic carbocycles. The molecule has 10 heteroatoms. The van der Waals surface area contributed by atoms with Gasteiger partial charge in [-0.3, -0.25) is 4.52 Å². The summed E-state index contributed by atoms with van der Waals surface area (Å²) in [6.07, 6.45) is 0.794. The van der Waals surface area contributed by atoms with E-state index >= 15 is 0 Å². The summed E-state index contributed by atoms with van der Waals surface area (Å²) in [7, 11) is -6.96. The molecule has 3 N–H and O–H groups in total. The molecule has 0 amide bonds. The van der Waals surface area contributed by atoms with Crippen LogP contribution in [0.3, 0.4) is 0 Å². The lowest BCUT2D eigenvalue weighted by Gasteiger charge is -2.28. The van der Waals surface area contributed by atoms with Gasteiger partial charge in [-0.2, -0.15) is 0 Å². The molecule has 0 saturated carbocycles. The fourth-order valence-corrected chi connectivity index (χ4v) is 4.73. The largest absolute Gasteiger partial charge is 0.500 e. The van der Waals surface area contributed by atoms with Crippen molar-refractivity contribution in [1.29, 1.82) is 0 Å². The highest BCUT2D eigenvalue weighted by molar-refractivity contribution is 7.46. The van der Waals surface area contributed by atoms with E-state index in [2.05, 4.69) is 9.84 Å². The van der Waals surface area contributed by atoms with Crippen molar-refractivity contribution in [1.82, 2.24) is 5.32 Å². The number of rotatable bonds is 14. The van der Waals surface area contributed by atoms with Crippen molar-refractivity contribution in [3.63, 3.8) is 0 Å². The van der Waals surface area contributed by atoms with Gasteiger partial charge in [-0.15, -0.1) is 0 Å². The molecule has 0 aromatic heterocycles. The summed E-state index contributed by atoms with van der Waals surface area (Å²) in [6.45, 7) is 8.41. The lowest BCUT2D eigenvalue weighted by molar-refractivity contribution is 0.0708. The van der Waals surface area contributed by atoms with Crippen molar-refractivity contribution in [3.8, 4) is 0 Å². The molecule has 0 aliphatic carbocycles. The Balaban J connectivity index is 3.94. The van der Waals surface area contributed by atoms with Crippen LogP contribution in [-0.4, -0.2) is 58.1 Å². The molecular formula is C11H28NO7PSi. The van der Waals surface area contributed by atoms with Crippen LogP contribution in [0.1, 0.15) is 27.2 Å². The third-order valence-electron chi connectivity index (χ3n) is 2.47. The van der Waals surface area contributed by atoms with E-state index in [1.54, 1.807) is 0 Å². The second-order valence-corrected chi connectivity index (χ2v) is 8.13. The van der Waals surface area contributed by atoms with Gasteiger partial charge in [0.1, 0.15) is 0 Å². The Labute approximate surface area is 127 Å². The zero-order chi connectivity index (χ0) is 16.2. The maximum atomic E-state index is 10.5. The van der Waals surface area contributed by atoms with Crippen LogP contribution in [0.15, 0.2) is 0 Å². The number of nitrogens with one attached hydrogen (secondary N) is 1. The van der Waals surface area contributed by atoms with Gasteiger partial charge in [-0.05, 0) is 33.7 Å². The quantitative estimate of drug-likeness (QED) is 0.244. The van der Waals surface area contributed by atoms with Gasteiger partial charge in [0.2, 0.25) is 0 Å².